The zero-order valence-electron chi connectivity index (χ0n) is 16.6. The lowest BCUT2D eigenvalue weighted by Gasteiger charge is -2.23. The monoisotopic (exact) mass is 401 g/mol. The van der Waals surface area contributed by atoms with Crippen molar-refractivity contribution in [2.24, 2.45) is 4.99 Å². The first-order valence-corrected chi connectivity index (χ1v) is 8.93. The number of nitro groups is 1. The number of nitro benzene ring substituents is 1. The first kappa shape index (κ1) is 21.8. The molecular formula is C20H24FN5O3. The molecule has 0 aliphatic carbocycles. The van der Waals surface area contributed by atoms with Crippen molar-refractivity contribution in [2.45, 2.75) is 13.1 Å². The van der Waals surface area contributed by atoms with Gasteiger partial charge in [-0.1, -0.05) is 24.3 Å². The van der Waals surface area contributed by atoms with E-state index >= 15 is 0 Å². The lowest BCUT2D eigenvalue weighted by Crippen LogP contribution is -2.43. The van der Waals surface area contributed by atoms with Crippen LogP contribution in [0.1, 0.15) is 11.1 Å². The molecule has 2 rings (SSSR count). The molecule has 0 heterocycles. The molecule has 0 aromatic heterocycles. The van der Waals surface area contributed by atoms with E-state index < -0.39 is 4.92 Å². The van der Waals surface area contributed by atoms with E-state index in [0.29, 0.717) is 12.5 Å². The van der Waals surface area contributed by atoms with Crippen molar-refractivity contribution < 1.29 is 14.1 Å². The lowest BCUT2D eigenvalue weighted by atomic mass is 10.2. The highest BCUT2D eigenvalue weighted by molar-refractivity contribution is 5.86. The van der Waals surface area contributed by atoms with Gasteiger partial charge in [-0.3, -0.25) is 14.9 Å². The van der Waals surface area contributed by atoms with Crippen molar-refractivity contribution in [3.05, 3.63) is 75.6 Å². The van der Waals surface area contributed by atoms with E-state index in [1.165, 1.54) is 29.2 Å². The number of nitrogens with zero attached hydrogens (tertiary/aromatic N) is 4. The van der Waals surface area contributed by atoms with E-state index in [1.807, 2.05) is 0 Å². The Hall–Kier alpha value is -3.49. The van der Waals surface area contributed by atoms with E-state index in [9.17, 15) is 19.3 Å². The highest BCUT2D eigenvalue weighted by Crippen LogP contribution is 2.13. The molecule has 0 aliphatic rings. The number of likely N-dealkylation sites (N-methyl/N-ethyl adjacent to an activating group) is 1. The summed E-state index contributed by atoms with van der Waals surface area (Å²) in [6.07, 6.45) is 0. The number of amides is 1. The summed E-state index contributed by atoms with van der Waals surface area (Å²) < 4.78 is 13.5. The number of non-ortho nitro benzene ring substituents is 1. The number of carbonyl (C=O) groups excluding carboxylic acids is 1. The van der Waals surface area contributed by atoms with Gasteiger partial charge in [0.25, 0.3) is 5.69 Å². The van der Waals surface area contributed by atoms with Crippen molar-refractivity contribution in [3.8, 4) is 0 Å². The van der Waals surface area contributed by atoms with E-state index in [0.717, 1.165) is 11.1 Å². The second kappa shape index (κ2) is 10.2. The zero-order chi connectivity index (χ0) is 21.4. The smallest absolute Gasteiger partial charge is 0.269 e. The summed E-state index contributed by atoms with van der Waals surface area (Å²) in [6.45, 7) is 0.712. The van der Waals surface area contributed by atoms with Crippen molar-refractivity contribution in [3.63, 3.8) is 0 Å². The van der Waals surface area contributed by atoms with Crippen LogP contribution in [0.4, 0.5) is 10.1 Å². The number of halogens is 1. The van der Waals surface area contributed by atoms with Gasteiger partial charge >= 0.3 is 0 Å². The van der Waals surface area contributed by atoms with Crippen LogP contribution in [0.3, 0.4) is 0 Å². The largest absolute Gasteiger partial charge is 0.347 e. The number of benzene rings is 2. The summed E-state index contributed by atoms with van der Waals surface area (Å²) in [4.78, 5) is 30.0. The average Bonchev–Trinajstić information content (AvgIpc) is 2.67. The van der Waals surface area contributed by atoms with Crippen LogP contribution in [0.15, 0.2) is 53.5 Å². The molecule has 0 aliphatic heterocycles. The fraction of sp³-hybridized carbons (Fsp3) is 0.300. The normalized spacial score (nSPS) is 11.1. The third-order valence-corrected chi connectivity index (χ3v) is 4.13. The summed E-state index contributed by atoms with van der Waals surface area (Å²) in [7, 11) is 5.11. The lowest BCUT2D eigenvalue weighted by molar-refractivity contribution is -0.384. The van der Waals surface area contributed by atoms with Crippen LogP contribution in [0.5, 0.6) is 0 Å². The Morgan fingerprint density at radius 1 is 1.14 bits per heavy atom. The molecule has 0 saturated heterocycles. The van der Waals surface area contributed by atoms with Crippen LogP contribution in [0.25, 0.3) is 0 Å². The van der Waals surface area contributed by atoms with Crippen LogP contribution in [-0.2, 0) is 17.9 Å². The molecule has 0 bridgehead atoms. The maximum absolute atomic E-state index is 13.5. The SMILES string of the molecule is CN(C)C(=O)CNC(=NCc1ccc([N+](=O)[O-])cc1)N(C)Cc1cccc(F)c1. The fourth-order valence-corrected chi connectivity index (χ4v) is 2.50. The van der Waals surface area contributed by atoms with Gasteiger partial charge in [-0.25, -0.2) is 9.38 Å². The standard InChI is InChI=1S/C20H24FN5O3/c1-24(2)19(27)13-23-20(25(3)14-16-5-4-6-17(21)11-16)22-12-15-7-9-18(10-8-15)26(28)29/h4-11H,12-14H2,1-3H3,(H,22,23). The van der Waals surface area contributed by atoms with E-state index in [1.54, 1.807) is 50.3 Å². The summed E-state index contributed by atoms with van der Waals surface area (Å²) in [5.41, 5.74) is 1.56. The molecule has 1 amide bonds. The minimum atomic E-state index is -0.459. The molecule has 2 aromatic carbocycles. The number of nitrogens with one attached hydrogen (secondary N) is 1. The van der Waals surface area contributed by atoms with Crippen LogP contribution < -0.4 is 5.32 Å². The van der Waals surface area contributed by atoms with Gasteiger partial charge < -0.3 is 15.1 Å². The maximum Gasteiger partial charge on any atom is 0.269 e. The number of hydrogen-bond acceptors (Lipinski definition) is 4. The van der Waals surface area contributed by atoms with Crippen LogP contribution in [-0.4, -0.2) is 54.3 Å². The zero-order valence-corrected chi connectivity index (χ0v) is 16.6. The predicted molar refractivity (Wildman–Crippen MR) is 109 cm³/mol. The Balaban J connectivity index is 2.14. The number of aliphatic imine (C=N–C) groups is 1. The minimum absolute atomic E-state index is 0.0101. The number of guanidine groups is 1. The van der Waals surface area contributed by atoms with Gasteiger partial charge in [-0.2, -0.15) is 0 Å². The molecule has 0 atom stereocenters. The quantitative estimate of drug-likeness (QED) is 0.333. The third kappa shape index (κ3) is 6.87. The van der Waals surface area contributed by atoms with Gasteiger partial charge in [0, 0.05) is 39.8 Å². The van der Waals surface area contributed by atoms with Crippen molar-refractivity contribution in [1.29, 1.82) is 0 Å². The number of carbonyl (C=O) groups is 1. The molecule has 9 heteroatoms. The molecule has 0 spiro atoms. The Morgan fingerprint density at radius 2 is 1.83 bits per heavy atom. The van der Waals surface area contributed by atoms with Gasteiger partial charge in [0.2, 0.25) is 5.91 Å². The number of rotatable bonds is 7. The Kier molecular flexibility index (Phi) is 7.64. The van der Waals surface area contributed by atoms with E-state index in [2.05, 4.69) is 10.3 Å². The number of hydrogen-bond donors (Lipinski definition) is 1. The fourth-order valence-electron chi connectivity index (χ4n) is 2.50. The van der Waals surface area contributed by atoms with Crippen LogP contribution in [0.2, 0.25) is 0 Å². The van der Waals surface area contributed by atoms with Crippen molar-refractivity contribution in [1.82, 2.24) is 15.1 Å². The van der Waals surface area contributed by atoms with Gasteiger partial charge in [-0.05, 0) is 23.3 Å². The molecular weight excluding hydrogens is 377 g/mol. The Bertz CT molecular complexity index is 884. The van der Waals surface area contributed by atoms with Gasteiger partial charge in [0.1, 0.15) is 5.82 Å². The van der Waals surface area contributed by atoms with Gasteiger partial charge in [-0.15, -0.1) is 0 Å². The molecule has 29 heavy (non-hydrogen) atoms. The second-order valence-corrected chi connectivity index (χ2v) is 6.69. The highest BCUT2D eigenvalue weighted by atomic mass is 19.1. The summed E-state index contributed by atoms with van der Waals surface area (Å²) in [6, 6.07) is 12.4. The maximum atomic E-state index is 13.5. The summed E-state index contributed by atoms with van der Waals surface area (Å²) in [5, 5.41) is 13.8. The molecule has 154 valence electrons. The molecule has 1 N–H and O–H groups in total. The van der Waals surface area contributed by atoms with Crippen LogP contribution in [0, 0.1) is 15.9 Å². The van der Waals surface area contributed by atoms with Crippen molar-refractivity contribution in [2.75, 3.05) is 27.7 Å². The molecule has 0 saturated carbocycles. The molecule has 8 nitrogen and oxygen atoms in total. The Labute approximate surface area is 168 Å². The molecule has 2 aromatic rings. The molecule has 0 unspecified atom stereocenters. The van der Waals surface area contributed by atoms with Crippen molar-refractivity contribution >= 4 is 17.6 Å². The second-order valence-electron chi connectivity index (χ2n) is 6.69. The summed E-state index contributed by atoms with van der Waals surface area (Å²) in [5.74, 6) is 0.0195. The van der Waals surface area contributed by atoms with E-state index in [4.69, 9.17) is 0 Å². The third-order valence-electron chi connectivity index (χ3n) is 4.13. The minimum Gasteiger partial charge on any atom is -0.347 e. The first-order valence-electron chi connectivity index (χ1n) is 8.93. The van der Waals surface area contributed by atoms with E-state index in [-0.39, 0.29) is 30.5 Å². The average molecular weight is 401 g/mol. The van der Waals surface area contributed by atoms with Crippen LogP contribution >= 0.6 is 0 Å². The summed E-state index contributed by atoms with van der Waals surface area (Å²) >= 11 is 0. The highest BCUT2D eigenvalue weighted by Gasteiger charge is 2.11. The topological polar surface area (TPSA) is 91.1 Å². The van der Waals surface area contributed by atoms with Gasteiger partial charge in [0.15, 0.2) is 5.96 Å². The molecule has 0 radical (unpaired) electrons. The molecule has 0 fully saturated rings. The predicted octanol–water partition coefficient (Wildman–Crippen LogP) is 2.40. The van der Waals surface area contributed by atoms with Gasteiger partial charge in [0.05, 0.1) is 18.0 Å². The first-order chi connectivity index (χ1) is 13.8. The Morgan fingerprint density at radius 3 is 2.41 bits per heavy atom.